The van der Waals surface area contributed by atoms with Crippen LogP contribution in [0, 0.1) is 12.8 Å². The van der Waals surface area contributed by atoms with Crippen LogP contribution in [0.5, 0.6) is 5.75 Å². The van der Waals surface area contributed by atoms with E-state index in [0.29, 0.717) is 33.1 Å². The number of nitrogens with zero attached hydrogens (tertiary/aromatic N) is 4. The summed E-state index contributed by atoms with van der Waals surface area (Å²) in [5.74, 6) is 0.550. The number of carbonyl (C=O) groups is 2. The van der Waals surface area contributed by atoms with Gasteiger partial charge in [0.25, 0.3) is 0 Å². The fourth-order valence-corrected chi connectivity index (χ4v) is 3.90. The zero-order valence-corrected chi connectivity index (χ0v) is 18.3. The van der Waals surface area contributed by atoms with Gasteiger partial charge in [-0.3, -0.25) is 9.59 Å². The second-order valence-corrected chi connectivity index (χ2v) is 7.98. The van der Waals surface area contributed by atoms with Crippen molar-refractivity contribution >= 4 is 46.5 Å². The quantitative estimate of drug-likeness (QED) is 0.624. The van der Waals surface area contributed by atoms with Gasteiger partial charge in [-0.25, -0.2) is 4.98 Å². The molecule has 1 N–H and O–H groups in total. The fraction of sp³-hybridized carbons (Fsp3) is 0.238. The van der Waals surface area contributed by atoms with Crippen LogP contribution in [0.1, 0.15) is 12.1 Å². The van der Waals surface area contributed by atoms with Crippen LogP contribution in [0.2, 0.25) is 10.0 Å². The number of pyridine rings is 1. The van der Waals surface area contributed by atoms with Crippen LogP contribution in [0.25, 0.3) is 5.82 Å². The van der Waals surface area contributed by atoms with E-state index in [1.54, 1.807) is 55.3 Å². The first-order valence-corrected chi connectivity index (χ1v) is 10.2. The Morgan fingerprint density at radius 2 is 1.97 bits per heavy atom. The Morgan fingerprint density at radius 3 is 2.65 bits per heavy atom. The third-order valence-electron chi connectivity index (χ3n) is 4.95. The molecule has 1 saturated heterocycles. The van der Waals surface area contributed by atoms with Crippen molar-refractivity contribution in [3.8, 4) is 11.6 Å². The molecule has 160 valence electrons. The Bertz CT molecular complexity index is 1150. The van der Waals surface area contributed by atoms with Gasteiger partial charge >= 0.3 is 0 Å². The van der Waals surface area contributed by atoms with E-state index in [2.05, 4.69) is 15.4 Å². The average molecular weight is 460 g/mol. The van der Waals surface area contributed by atoms with Gasteiger partial charge in [-0.05, 0) is 37.3 Å². The van der Waals surface area contributed by atoms with Crippen molar-refractivity contribution in [1.29, 1.82) is 0 Å². The van der Waals surface area contributed by atoms with Crippen molar-refractivity contribution in [3.63, 3.8) is 0 Å². The van der Waals surface area contributed by atoms with Crippen molar-refractivity contribution in [2.45, 2.75) is 13.3 Å². The number of carbonyl (C=O) groups excluding carboxylic acids is 2. The molecule has 1 fully saturated rings. The molecule has 4 rings (SSSR count). The lowest BCUT2D eigenvalue weighted by Crippen LogP contribution is -2.28. The first-order chi connectivity index (χ1) is 14.9. The molecule has 0 bridgehead atoms. The van der Waals surface area contributed by atoms with Crippen molar-refractivity contribution in [3.05, 3.63) is 58.3 Å². The van der Waals surface area contributed by atoms with Crippen LogP contribution in [0.4, 0.5) is 11.5 Å². The molecule has 0 saturated carbocycles. The van der Waals surface area contributed by atoms with Gasteiger partial charge in [0.05, 0.1) is 28.8 Å². The van der Waals surface area contributed by atoms with E-state index in [1.807, 2.05) is 0 Å². The minimum Gasteiger partial charge on any atom is -0.497 e. The standard InChI is InChI=1S/C21H19Cl2N5O3/c1-12-7-18(28(26-12)20-17(23)9-14(22)10-24-20)25-21(30)13-8-19(29)27(11-13)15-3-5-16(31-2)6-4-15/h3-7,9-10,13H,8,11H2,1-2H3,(H,25,30). The highest BCUT2D eigenvalue weighted by atomic mass is 35.5. The number of rotatable bonds is 5. The normalized spacial score (nSPS) is 15.9. The molecule has 8 nitrogen and oxygen atoms in total. The molecule has 1 unspecified atom stereocenters. The van der Waals surface area contributed by atoms with Gasteiger partial charge in [-0.1, -0.05) is 23.2 Å². The van der Waals surface area contributed by atoms with Gasteiger partial charge in [0.15, 0.2) is 5.82 Å². The lowest BCUT2D eigenvalue weighted by atomic mass is 10.1. The summed E-state index contributed by atoms with van der Waals surface area (Å²) < 4.78 is 6.60. The summed E-state index contributed by atoms with van der Waals surface area (Å²) in [4.78, 5) is 31.3. The highest BCUT2D eigenvalue weighted by molar-refractivity contribution is 6.35. The fourth-order valence-electron chi connectivity index (χ4n) is 3.44. The monoisotopic (exact) mass is 459 g/mol. The average Bonchev–Trinajstić information content (AvgIpc) is 3.30. The number of methoxy groups -OCH3 is 1. The number of aryl methyl sites for hydroxylation is 1. The lowest BCUT2D eigenvalue weighted by Gasteiger charge is -2.17. The van der Waals surface area contributed by atoms with Crippen LogP contribution in [0.3, 0.4) is 0 Å². The molecule has 10 heteroatoms. The van der Waals surface area contributed by atoms with Crippen molar-refractivity contribution < 1.29 is 14.3 Å². The van der Waals surface area contributed by atoms with E-state index < -0.39 is 5.92 Å². The predicted molar refractivity (Wildman–Crippen MR) is 118 cm³/mol. The van der Waals surface area contributed by atoms with E-state index in [9.17, 15) is 9.59 Å². The molecule has 1 aliphatic heterocycles. The molecule has 3 heterocycles. The van der Waals surface area contributed by atoms with Crippen LogP contribution < -0.4 is 15.0 Å². The van der Waals surface area contributed by atoms with Gasteiger partial charge in [0.2, 0.25) is 11.8 Å². The van der Waals surface area contributed by atoms with Crippen molar-refractivity contribution in [2.75, 3.05) is 23.9 Å². The summed E-state index contributed by atoms with van der Waals surface area (Å²) in [6, 6.07) is 10.4. The largest absolute Gasteiger partial charge is 0.497 e. The number of hydrogen-bond donors (Lipinski definition) is 1. The molecule has 1 atom stereocenters. The van der Waals surface area contributed by atoms with E-state index in [1.165, 1.54) is 10.9 Å². The molecule has 2 amide bonds. The second-order valence-electron chi connectivity index (χ2n) is 7.13. The number of aromatic nitrogens is 3. The van der Waals surface area contributed by atoms with Crippen LogP contribution in [-0.4, -0.2) is 40.2 Å². The van der Waals surface area contributed by atoms with Gasteiger partial charge in [0, 0.05) is 30.9 Å². The summed E-state index contributed by atoms with van der Waals surface area (Å²) in [5.41, 5.74) is 1.39. The molecule has 1 aromatic carbocycles. The number of amides is 2. The molecule has 3 aromatic rings. The Balaban J connectivity index is 1.52. The molecule has 1 aliphatic rings. The first kappa shape index (κ1) is 21.1. The number of ether oxygens (including phenoxy) is 1. The maximum atomic E-state index is 12.9. The SMILES string of the molecule is COc1ccc(N2CC(C(=O)Nc3cc(C)nn3-c3ncc(Cl)cc3Cl)CC2=O)cc1. The minimum atomic E-state index is -0.507. The summed E-state index contributed by atoms with van der Waals surface area (Å²) in [6.45, 7) is 2.07. The van der Waals surface area contributed by atoms with Gasteiger partial charge in [0.1, 0.15) is 11.6 Å². The number of halogens is 2. The molecule has 2 aromatic heterocycles. The molecular weight excluding hydrogens is 441 g/mol. The smallest absolute Gasteiger partial charge is 0.230 e. The predicted octanol–water partition coefficient (Wildman–Crippen LogP) is 3.88. The van der Waals surface area contributed by atoms with Crippen LogP contribution in [0.15, 0.2) is 42.6 Å². The Kier molecular flexibility index (Phi) is 5.84. The summed E-state index contributed by atoms with van der Waals surface area (Å²) in [5, 5.41) is 7.92. The Labute approximate surface area is 188 Å². The summed E-state index contributed by atoms with van der Waals surface area (Å²) in [7, 11) is 1.58. The molecule has 0 aliphatic carbocycles. The maximum absolute atomic E-state index is 12.9. The summed E-state index contributed by atoms with van der Waals surface area (Å²) >= 11 is 12.2. The number of nitrogens with one attached hydrogen (secondary N) is 1. The van der Waals surface area contributed by atoms with Crippen molar-refractivity contribution in [1.82, 2.24) is 14.8 Å². The van der Waals surface area contributed by atoms with Gasteiger partial charge in [-0.2, -0.15) is 9.78 Å². The van der Waals surface area contributed by atoms with Gasteiger partial charge in [-0.15, -0.1) is 0 Å². The van der Waals surface area contributed by atoms with E-state index in [0.717, 1.165) is 5.69 Å². The van der Waals surface area contributed by atoms with E-state index in [4.69, 9.17) is 27.9 Å². The number of benzene rings is 1. The number of hydrogen-bond acceptors (Lipinski definition) is 5. The Morgan fingerprint density at radius 1 is 1.23 bits per heavy atom. The highest BCUT2D eigenvalue weighted by Crippen LogP contribution is 2.29. The highest BCUT2D eigenvalue weighted by Gasteiger charge is 2.35. The minimum absolute atomic E-state index is 0.114. The third-order valence-corrected chi connectivity index (χ3v) is 5.44. The second kappa shape index (κ2) is 8.56. The van der Waals surface area contributed by atoms with Crippen LogP contribution >= 0.6 is 23.2 Å². The first-order valence-electron chi connectivity index (χ1n) is 9.49. The Hall–Kier alpha value is -3.10. The molecular formula is C21H19Cl2N5O3. The lowest BCUT2D eigenvalue weighted by molar-refractivity contribution is -0.122. The molecule has 0 spiro atoms. The van der Waals surface area contributed by atoms with E-state index in [-0.39, 0.29) is 24.8 Å². The zero-order chi connectivity index (χ0) is 22.1. The molecule has 0 radical (unpaired) electrons. The van der Waals surface area contributed by atoms with Crippen molar-refractivity contribution in [2.24, 2.45) is 5.92 Å². The molecule has 31 heavy (non-hydrogen) atoms. The third kappa shape index (κ3) is 4.35. The topological polar surface area (TPSA) is 89.3 Å². The van der Waals surface area contributed by atoms with Gasteiger partial charge < -0.3 is 15.0 Å². The number of anilines is 2. The van der Waals surface area contributed by atoms with E-state index >= 15 is 0 Å². The van der Waals surface area contributed by atoms with Crippen LogP contribution in [-0.2, 0) is 9.59 Å². The zero-order valence-electron chi connectivity index (χ0n) is 16.8. The maximum Gasteiger partial charge on any atom is 0.230 e. The summed E-state index contributed by atoms with van der Waals surface area (Å²) in [6.07, 6.45) is 1.57.